The number of nitrogens with zero attached hydrogens (tertiary/aromatic N) is 1. The van der Waals surface area contributed by atoms with Gasteiger partial charge in [0.15, 0.2) is 0 Å². The standard InChI is InChI=1S/C7H11N3O2/c1-4(2-7(11)12)5-3-6(8)10-9-5/h3-4H,2H2,1H3,(H,11,12)(H3,8,9,10). The number of aromatic nitrogens is 2. The molecule has 0 bridgehead atoms. The fourth-order valence-corrected chi connectivity index (χ4v) is 0.977. The molecule has 0 aliphatic carbocycles. The van der Waals surface area contributed by atoms with Gasteiger partial charge in [-0.05, 0) is 0 Å². The molecule has 1 aromatic heterocycles. The highest BCUT2D eigenvalue weighted by Gasteiger charge is 2.11. The largest absolute Gasteiger partial charge is 0.481 e. The number of hydrogen-bond acceptors (Lipinski definition) is 3. The summed E-state index contributed by atoms with van der Waals surface area (Å²) in [6.45, 7) is 1.81. The minimum absolute atomic E-state index is 0.0766. The number of nitrogen functional groups attached to an aromatic ring is 1. The first-order chi connectivity index (χ1) is 5.59. The molecule has 66 valence electrons. The molecule has 0 aliphatic rings. The van der Waals surface area contributed by atoms with Gasteiger partial charge in [0.05, 0.1) is 6.42 Å². The number of carbonyl (C=O) groups is 1. The first kappa shape index (κ1) is 8.58. The van der Waals surface area contributed by atoms with Crippen LogP contribution in [0.2, 0.25) is 0 Å². The second-order valence-corrected chi connectivity index (χ2v) is 2.75. The normalized spacial score (nSPS) is 12.8. The van der Waals surface area contributed by atoms with Crippen LogP contribution in [0, 0.1) is 0 Å². The maximum absolute atomic E-state index is 10.3. The maximum atomic E-state index is 10.3. The van der Waals surface area contributed by atoms with E-state index < -0.39 is 5.97 Å². The summed E-state index contributed by atoms with van der Waals surface area (Å²) >= 11 is 0. The van der Waals surface area contributed by atoms with Crippen molar-refractivity contribution in [2.24, 2.45) is 0 Å². The van der Waals surface area contributed by atoms with Gasteiger partial charge < -0.3 is 10.8 Å². The second kappa shape index (κ2) is 3.25. The van der Waals surface area contributed by atoms with Crippen LogP contribution < -0.4 is 5.73 Å². The second-order valence-electron chi connectivity index (χ2n) is 2.75. The quantitative estimate of drug-likeness (QED) is 0.616. The lowest BCUT2D eigenvalue weighted by Gasteiger charge is -2.03. The number of aromatic amines is 1. The van der Waals surface area contributed by atoms with Crippen LogP contribution >= 0.6 is 0 Å². The van der Waals surface area contributed by atoms with Crippen LogP contribution in [0.4, 0.5) is 5.82 Å². The van der Waals surface area contributed by atoms with E-state index in [2.05, 4.69) is 10.2 Å². The molecule has 12 heavy (non-hydrogen) atoms. The Balaban J connectivity index is 2.64. The van der Waals surface area contributed by atoms with Gasteiger partial charge in [0.1, 0.15) is 5.82 Å². The van der Waals surface area contributed by atoms with E-state index in [0.717, 1.165) is 5.69 Å². The Bertz CT molecular complexity index is 282. The van der Waals surface area contributed by atoms with Crippen LogP contribution in [0.25, 0.3) is 0 Å². The van der Waals surface area contributed by atoms with Gasteiger partial charge in [0.2, 0.25) is 0 Å². The molecule has 0 radical (unpaired) electrons. The highest BCUT2D eigenvalue weighted by atomic mass is 16.4. The van der Waals surface area contributed by atoms with Crippen LogP contribution in [-0.4, -0.2) is 21.3 Å². The Kier molecular flexibility index (Phi) is 2.32. The topological polar surface area (TPSA) is 92.0 Å². The molecule has 5 nitrogen and oxygen atoms in total. The molecule has 0 aliphatic heterocycles. The van der Waals surface area contributed by atoms with Crippen LogP contribution in [0.3, 0.4) is 0 Å². The molecule has 0 spiro atoms. The summed E-state index contributed by atoms with van der Waals surface area (Å²) in [7, 11) is 0. The molecule has 1 unspecified atom stereocenters. The van der Waals surface area contributed by atoms with E-state index in [4.69, 9.17) is 10.8 Å². The van der Waals surface area contributed by atoms with Gasteiger partial charge in [-0.25, -0.2) is 0 Å². The zero-order chi connectivity index (χ0) is 9.14. The molecule has 1 aromatic rings. The van der Waals surface area contributed by atoms with Crippen LogP contribution in [0.15, 0.2) is 6.07 Å². The lowest BCUT2D eigenvalue weighted by Crippen LogP contribution is -2.02. The van der Waals surface area contributed by atoms with Crippen LogP contribution in [-0.2, 0) is 4.79 Å². The van der Waals surface area contributed by atoms with Crippen molar-refractivity contribution in [3.05, 3.63) is 11.8 Å². The molecular weight excluding hydrogens is 158 g/mol. The summed E-state index contributed by atoms with van der Waals surface area (Å²) < 4.78 is 0. The van der Waals surface area contributed by atoms with Crippen LogP contribution in [0.5, 0.6) is 0 Å². The number of nitrogens with two attached hydrogens (primary N) is 1. The average molecular weight is 169 g/mol. The van der Waals surface area contributed by atoms with Gasteiger partial charge in [0, 0.05) is 17.7 Å². The van der Waals surface area contributed by atoms with Crippen molar-refractivity contribution in [3.8, 4) is 0 Å². The van der Waals surface area contributed by atoms with Gasteiger partial charge in [-0.2, -0.15) is 5.10 Å². The van der Waals surface area contributed by atoms with E-state index in [0.29, 0.717) is 5.82 Å². The number of carboxylic acid groups (broad SMARTS) is 1. The third-order valence-electron chi connectivity index (χ3n) is 1.63. The number of H-pyrrole nitrogens is 1. The predicted molar refractivity (Wildman–Crippen MR) is 43.7 cm³/mol. The van der Waals surface area contributed by atoms with E-state index in [1.54, 1.807) is 13.0 Å². The first-order valence-corrected chi connectivity index (χ1v) is 3.62. The highest BCUT2D eigenvalue weighted by molar-refractivity contribution is 5.67. The van der Waals surface area contributed by atoms with E-state index in [1.807, 2.05) is 0 Å². The van der Waals surface area contributed by atoms with Crippen molar-refractivity contribution in [2.45, 2.75) is 19.3 Å². The van der Waals surface area contributed by atoms with Crippen molar-refractivity contribution >= 4 is 11.8 Å². The first-order valence-electron chi connectivity index (χ1n) is 3.62. The third-order valence-corrected chi connectivity index (χ3v) is 1.63. The van der Waals surface area contributed by atoms with E-state index in [1.165, 1.54) is 0 Å². The number of hydrogen-bond donors (Lipinski definition) is 3. The van der Waals surface area contributed by atoms with Gasteiger partial charge >= 0.3 is 5.97 Å². The highest BCUT2D eigenvalue weighted by Crippen LogP contribution is 2.17. The number of carboxylic acids is 1. The minimum Gasteiger partial charge on any atom is -0.481 e. The minimum atomic E-state index is -0.823. The monoisotopic (exact) mass is 169 g/mol. The summed E-state index contributed by atoms with van der Waals surface area (Å²) in [6.07, 6.45) is 0.0850. The average Bonchev–Trinajstić information content (AvgIpc) is 2.34. The molecule has 5 heteroatoms. The van der Waals surface area contributed by atoms with E-state index in [9.17, 15) is 4.79 Å². The zero-order valence-corrected chi connectivity index (χ0v) is 6.74. The molecule has 1 rings (SSSR count). The van der Waals surface area contributed by atoms with Crippen molar-refractivity contribution in [1.82, 2.24) is 10.2 Å². The molecule has 0 fully saturated rings. The van der Waals surface area contributed by atoms with Crippen molar-refractivity contribution < 1.29 is 9.90 Å². The zero-order valence-electron chi connectivity index (χ0n) is 6.74. The van der Waals surface area contributed by atoms with Gasteiger partial charge in [0.25, 0.3) is 0 Å². The van der Waals surface area contributed by atoms with Crippen molar-refractivity contribution in [2.75, 3.05) is 5.73 Å². The summed E-state index contributed by atoms with van der Waals surface area (Å²) in [6, 6.07) is 1.65. The maximum Gasteiger partial charge on any atom is 0.304 e. The molecular formula is C7H11N3O2. The summed E-state index contributed by atoms with van der Waals surface area (Å²) in [5.74, 6) is -0.509. The van der Waals surface area contributed by atoms with Gasteiger partial charge in [-0.1, -0.05) is 6.92 Å². The fourth-order valence-electron chi connectivity index (χ4n) is 0.977. The van der Waals surface area contributed by atoms with Crippen molar-refractivity contribution in [3.63, 3.8) is 0 Å². The van der Waals surface area contributed by atoms with E-state index >= 15 is 0 Å². The molecule has 1 heterocycles. The Morgan fingerprint density at radius 2 is 2.58 bits per heavy atom. The smallest absolute Gasteiger partial charge is 0.304 e. The molecule has 0 amide bonds. The molecule has 4 N–H and O–H groups in total. The predicted octanol–water partition coefficient (Wildman–Crippen LogP) is 0.570. The molecule has 0 aromatic carbocycles. The lowest BCUT2D eigenvalue weighted by atomic mass is 10.0. The van der Waals surface area contributed by atoms with Crippen LogP contribution in [0.1, 0.15) is 25.0 Å². The van der Waals surface area contributed by atoms with Gasteiger partial charge in [-0.15, -0.1) is 0 Å². The Morgan fingerprint density at radius 1 is 1.92 bits per heavy atom. The summed E-state index contributed by atoms with van der Waals surface area (Å²) in [5, 5.41) is 14.9. The summed E-state index contributed by atoms with van der Waals surface area (Å²) in [4.78, 5) is 10.3. The SMILES string of the molecule is CC(CC(=O)O)c1cc(N)n[nH]1. The van der Waals surface area contributed by atoms with E-state index in [-0.39, 0.29) is 12.3 Å². The lowest BCUT2D eigenvalue weighted by molar-refractivity contribution is -0.137. The number of aliphatic carboxylic acids is 1. The summed E-state index contributed by atoms with van der Waals surface area (Å²) in [5.41, 5.74) is 6.12. The Labute approximate surface area is 69.6 Å². The van der Waals surface area contributed by atoms with Gasteiger partial charge in [-0.3, -0.25) is 9.89 Å². The van der Waals surface area contributed by atoms with Crippen molar-refractivity contribution in [1.29, 1.82) is 0 Å². The number of nitrogens with one attached hydrogen (secondary N) is 1. The number of anilines is 1. The molecule has 0 saturated carbocycles. The number of rotatable bonds is 3. The molecule has 0 saturated heterocycles. The Morgan fingerprint density at radius 3 is 3.00 bits per heavy atom. The Hall–Kier alpha value is -1.52. The third kappa shape index (κ3) is 1.98. The fraction of sp³-hybridized carbons (Fsp3) is 0.429. The molecule has 1 atom stereocenters.